The Balaban J connectivity index is 0.000000148. The number of H-pyrrole nitrogens is 1. The lowest BCUT2D eigenvalue weighted by Crippen LogP contribution is -1.95. The van der Waals surface area contributed by atoms with Gasteiger partial charge in [-0.05, 0) is 22.7 Å². The van der Waals surface area contributed by atoms with E-state index in [2.05, 4.69) is 15.3 Å². The maximum Gasteiger partial charge on any atom is 0.389 e. The Bertz CT molecular complexity index is 573. The number of nitrogens with zero attached hydrogens (tertiary/aromatic N) is 5. The average molecular weight is 266 g/mol. The van der Waals surface area contributed by atoms with Crippen molar-refractivity contribution in [3.8, 4) is 0 Å². The second kappa shape index (κ2) is 5.25. The van der Waals surface area contributed by atoms with E-state index in [0.717, 1.165) is 12.8 Å². The Morgan fingerprint density at radius 3 is 2.37 bits per heavy atom. The highest BCUT2D eigenvalue weighted by molar-refractivity contribution is 5.15. The van der Waals surface area contributed by atoms with Crippen LogP contribution in [-0.4, -0.2) is 29.8 Å². The first-order valence-corrected chi connectivity index (χ1v) is 5.41. The highest BCUT2D eigenvalue weighted by Gasteiger charge is 2.28. The Morgan fingerprint density at radius 2 is 2.00 bits per heavy atom. The second-order valence-corrected chi connectivity index (χ2v) is 3.84. The minimum atomic E-state index is -0.535. The van der Waals surface area contributed by atoms with E-state index in [1.165, 1.54) is 18.3 Å². The van der Waals surface area contributed by atoms with Crippen molar-refractivity contribution in [2.45, 2.75) is 18.9 Å². The molecule has 19 heavy (non-hydrogen) atoms. The van der Waals surface area contributed by atoms with Gasteiger partial charge in [-0.3, -0.25) is 0 Å². The molecule has 1 fully saturated rings. The van der Waals surface area contributed by atoms with Crippen LogP contribution in [0.5, 0.6) is 0 Å². The van der Waals surface area contributed by atoms with Crippen molar-refractivity contribution in [3.63, 3.8) is 0 Å². The number of hydrogen-bond acceptors (Lipinski definition) is 6. The van der Waals surface area contributed by atoms with Crippen LogP contribution in [0.3, 0.4) is 0 Å². The molecular formula is C9H10N6O4. The molecule has 0 spiro atoms. The molecule has 1 aliphatic carbocycles. The van der Waals surface area contributed by atoms with E-state index in [0.29, 0.717) is 6.04 Å². The van der Waals surface area contributed by atoms with Crippen LogP contribution >= 0.6 is 0 Å². The van der Waals surface area contributed by atoms with Crippen LogP contribution in [0.2, 0.25) is 0 Å². The first-order chi connectivity index (χ1) is 9.08. The third-order valence-electron chi connectivity index (χ3n) is 2.39. The van der Waals surface area contributed by atoms with Crippen molar-refractivity contribution >= 4 is 11.6 Å². The zero-order valence-corrected chi connectivity index (χ0v) is 9.67. The SMILES string of the molecule is O=[N+]([O-])c1ccn(C2CC2)n1.O=[N+]([O-])c1ccn[nH]1. The molecule has 10 nitrogen and oxygen atoms in total. The number of rotatable bonds is 3. The predicted octanol–water partition coefficient (Wildman–Crippen LogP) is 1.44. The summed E-state index contributed by atoms with van der Waals surface area (Å²) < 4.78 is 1.66. The van der Waals surface area contributed by atoms with Gasteiger partial charge in [0.05, 0.1) is 35.7 Å². The van der Waals surface area contributed by atoms with Crippen molar-refractivity contribution < 1.29 is 9.85 Å². The summed E-state index contributed by atoms with van der Waals surface area (Å²) in [5, 5.41) is 29.3. The van der Waals surface area contributed by atoms with Gasteiger partial charge in [-0.15, -0.1) is 5.10 Å². The normalized spacial score (nSPS) is 13.5. The number of aromatic nitrogens is 4. The zero-order valence-electron chi connectivity index (χ0n) is 9.67. The van der Waals surface area contributed by atoms with E-state index >= 15 is 0 Å². The van der Waals surface area contributed by atoms with Gasteiger partial charge in [0.1, 0.15) is 0 Å². The molecule has 0 bridgehead atoms. The molecule has 100 valence electrons. The van der Waals surface area contributed by atoms with E-state index in [1.807, 2.05) is 0 Å². The predicted molar refractivity (Wildman–Crippen MR) is 62.4 cm³/mol. The highest BCUT2D eigenvalue weighted by Crippen LogP contribution is 2.34. The third-order valence-corrected chi connectivity index (χ3v) is 2.39. The number of nitro groups is 2. The maximum atomic E-state index is 10.2. The van der Waals surface area contributed by atoms with Crippen LogP contribution in [0.4, 0.5) is 11.6 Å². The van der Waals surface area contributed by atoms with Gasteiger partial charge in [0.2, 0.25) is 0 Å². The van der Waals surface area contributed by atoms with Crippen LogP contribution in [0.25, 0.3) is 0 Å². The molecule has 2 aromatic rings. The van der Waals surface area contributed by atoms with Crippen LogP contribution in [0, 0.1) is 20.2 Å². The van der Waals surface area contributed by atoms with Gasteiger partial charge >= 0.3 is 11.6 Å². The maximum absolute atomic E-state index is 10.2. The van der Waals surface area contributed by atoms with Gasteiger partial charge in [0.15, 0.2) is 0 Å². The molecule has 10 heteroatoms. The lowest BCUT2D eigenvalue weighted by Gasteiger charge is -1.86. The van der Waals surface area contributed by atoms with Crippen molar-refractivity contribution in [1.82, 2.24) is 20.0 Å². The summed E-state index contributed by atoms with van der Waals surface area (Å²) in [6.45, 7) is 0. The molecule has 2 heterocycles. The van der Waals surface area contributed by atoms with Gasteiger partial charge in [-0.25, -0.2) is 0 Å². The van der Waals surface area contributed by atoms with Gasteiger partial charge < -0.3 is 20.2 Å². The quantitative estimate of drug-likeness (QED) is 0.660. The molecule has 2 aromatic heterocycles. The van der Waals surface area contributed by atoms with E-state index in [1.54, 1.807) is 10.9 Å². The second-order valence-electron chi connectivity index (χ2n) is 3.84. The lowest BCUT2D eigenvalue weighted by molar-refractivity contribution is -0.389. The summed E-state index contributed by atoms with van der Waals surface area (Å²) in [7, 11) is 0. The topological polar surface area (TPSA) is 133 Å². The van der Waals surface area contributed by atoms with Gasteiger partial charge in [-0.1, -0.05) is 5.10 Å². The van der Waals surface area contributed by atoms with Crippen molar-refractivity contribution in [1.29, 1.82) is 0 Å². The van der Waals surface area contributed by atoms with Crippen LogP contribution in [0.15, 0.2) is 24.5 Å². The standard InChI is InChI=1S/C6H7N3O2.C3H3N3O2/c10-9(11)6-3-4-8(7-6)5-1-2-5;7-6(8)3-1-2-4-5-3/h3-5H,1-2H2;1-2H,(H,4,5). The summed E-state index contributed by atoms with van der Waals surface area (Å²) in [6.07, 6.45) is 5.19. The van der Waals surface area contributed by atoms with Gasteiger partial charge in [-0.2, -0.15) is 4.68 Å². The van der Waals surface area contributed by atoms with Crippen molar-refractivity contribution in [3.05, 3.63) is 44.8 Å². The molecule has 0 unspecified atom stereocenters. The first kappa shape index (κ1) is 12.7. The fourth-order valence-electron chi connectivity index (χ4n) is 1.32. The van der Waals surface area contributed by atoms with Crippen molar-refractivity contribution in [2.24, 2.45) is 0 Å². The van der Waals surface area contributed by atoms with E-state index < -0.39 is 9.85 Å². The summed E-state index contributed by atoms with van der Waals surface area (Å²) in [6, 6.07) is 3.14. The van der Waals surface area contributed by atoms with Crippen LogP contribution in [0.1, 0.15) is 18.9 Å². The van der Waals surface area contributed by atoms with Crippen LogP contribution < -0.4 is 0 Å². The molecule has 1 aliphatic rings. The number of aromatic amines is 1. The number of hydrogen-bond donors (Lipinski definition) is 1. The lowest BCUT2D eigenvalue weighted by atomic mass is 10.6. The summed E-state index contributed by atoms with van der Waals surface area (Å²) in [5.74, 6) is -0.137. The molecule has 0 atom stereocenters. The Kier molecular flexibility index (Phi) is 3.50. The Morgan fingerprint density at radius 1 is 1.26 bits per heavy atom. The Labute approximate surface area is 106 Å². The zero-order chi connectivity index (χ0) is 13.8. The van der Waals surface area contributed by atoms with Gasteiger partial charge in [0.25, 0.3) is 0 Å². The average Bonchev–Trinajstić information content (AvgIpc) is 2.92. The van der Waals surface area contributed by atoms with E-state index in [4.69, 9.17) is 0 Å². The third kappa shape index (κ3) is 3.34. The molecule has 0 aliphatic heterocycles. The fraction of sp³-hybridized carbons (Fsp3) is 0.333. The fourth-order valence-corrected chi connectivity index (χ4v) is 1.32. The molecule has 0 aromatic carbocycles. The van der Waals surface area contributed by atoms with E-state index in [-0.39, 0.29) is 11.6 Å². The summed E-state index contributed by atoms with van der Waals surface area (Å²) in [5.41, 5.74) is 0. The highest BCUT2D eigenvalue weighted by atomic mass is 16.6. The van der Waals surface area contributed by atoms with Gasteiger partial charge in [0, 0.05) is 0 Å². The van der Waals surface area contributed by atoms with E-state index in [9.17, 15) is 20.2 Å². The monoisotopic (exact) mass is 266 g/mol. The van der Waals surface area contributed by atoms with Crippen LogP contribution in [-0.2, 0) is 0 Å². The largest absolute Gasteiger partial charge is 0.389 e. The summed E-state index contributed by atoms with van der Waals surface area (Å²) in [4.78, 5) is 19.0. The molecule has 0 saturated heterocycles. The minimum Gasteiger partial charge on any atom is -0.358 e. The summed E-state index contributed by atoms with van der Waals surface area (Å²) >= 11 is 0. The molecular weight excluding hydrogens is 256 g/mol. The smallest absolute Gasteiger partial charge is 0.358 e. The first-order valence-electron chi connectivity index (χ1n) is 5.41. The molecule has 0 radical (unpaired) electrons. The molecule has 3 rings (SSSR count). The Hall–Kier alpha value is -2.78. The number of nitrogens with one attached hydrogen (secondary N) is 1. The molecule has 0 amide bonds. The van der Waals surface area contributed by atoms with Crippen molar-refractivity contribution in [2.75, 3.05) is 0 Å². The minimum absolute atomic E-state index is 0.0584. The molecule has 1 saturated carbocycles. The molecule has 1 N–H and O–H groups in total.